The number of alkyl halides is 1. The molecule has 5 heteroatoms. The van der Waals surface area contributed by atoms with E-state index in [4.69, 9.17) is 0 Å². The average molecular weight is 261 g/mol. The molecule has 2 aromatic heterocycles. The lowest BCUT2D eigenvalue weighted by atomic mass is 10.1. The number of halogens is 1. The van der Waals surface area contributed by atoms with E-state index in [2.05, 4.69) is 4.98 Å². The molecule has 1 aliphatic heterocycles. The van der Waals surface area contributed by atoms with Crippen LogP contribution in [0.3, 0.4) is 0 Å². The second-order valence-electron chi connectivity index (χ2n) is 4.94. The number of hydrogen-bond donors (Lipinski definition) is 0. The minimum absolute atomic E-state index is 0.110. The van der Waals surface area contributed by atoms with Crippen molar-refractivity contribution < 1.29 is 9.18 Å². The third kappa shape index (κ3) is 2.09. The van der Waals surface area contributed by atoms with Gasteiger partial charge in [-0.1, -0.05) is 6.07 Å². The van der Waals surface area contributed by atoms with Crippen LogP contribution in [0.2, 0.25) is 0 Å². The Bertz CT molecular complexity index is 614. The van der Waals surface area contributed by atoms with Crippen molar-refractivity contribution in [3.63, 3.8) is 0 Å². The van der Waals surface area contributed by atoms with E-state index >= 15 is 0 Å². The Hall–Kier alpha value is -1.91. The minimum atomic E-state index is -0.775. The van der Waals surface area contributed by atoms with E-state index in [-0.39, 0.29) is 5.91 Å². The normalized spacial score (nSPS) is 17.1. The molecule has 1 saturated heterocycles. The molecule has 0 saturated carbocycles. The molecule has 19 heavy (non-hydrogen) atoms. The molecule has 0 N–H and O–H groups in total. The van der Waals surface area contributed by atoms with Crippen molar-refractivity contribution in [3.8, 4) is 0 Å². The molecule has 0 atom stereocenters. The van der Waals surface area contributed by atoms with Crippen LogP contribution in [0.25, 0.3) is 5.52 Å². The third-order valence-electron chi connectivity index (χ3n) is 3.64. The van der Waals surface area contributed by atoms with Gasteiger partial charge >= 0.3 is 0 Å². The predicted molar refractivity (Wildman–Crippen MR) is 70.0 cm³/mol. The van der Waals surface area contributed by atoms with Gasteiger partial charge in [-0.05, 0) is 31.9 Å². The Labute approximate surface area is 110 Å². The fourth-order valence-electron chi connectivity index (χ4n) is 2.54. The van der Waals surface area contributed by atoms with Crippen molar-refractivity contribution in [2.24, 2.45) is 0 Å². The number of amides is 1. The van der Waals surface area contributed by atoms with Gasteiger partial charge in [-0.25, -0.2) is 9.37 Å². The summed E-state index contributed by atoms with van der Waals surface area (Å²) in [6.45, 7) is 2.83. The van der Waals surface area contributed by atoms with Crippen LogP contribution in [0.4, 0.5) is 4.39 Å². The molecule has 0 radical (unpaired) electrons. The largest absolute Gasteiger partial charge is 0.336 e. The van der Waals surface area contributed by atoms with Crippen LogP contribution in [0.5, 0.6) is 0 Å². The molecular formula is C14H16FN3O. The highest BCUT2D eigenvalue weighted by atomic mass is 19.1. The summed E-state index contributed by atoms with van der Waals surface area (Å²) in [6.07, 6.45) is 1.91. The zero-order chi connectivity index (χ0) is 13.4. The van der Waals surface area contributed by atoms with Gasteiger partial charge in [-0.3, -0.25) is 9.20 Å². The standard InChI is InChI=1S/C14H16FN3O/c1-10-12-4-2-3-7-18(12)13(16-10)14(19)17-8-5-11(15)6-9-17/h2-4,7,11H,5-6,8-9H2,1H3. The van der Waals surface area contributed by atoms with Gasteiger partial charge in [-0.2, -0.15) is 0 Å². The van der Waals surface area contributed by atoms with Crippen molar-refractivity contribution in [3.05, 3.63) is 35.9 Å². The quantitative estimate of drug-likeness (QED) is 0.789. The highest BCUT2D eigenvalue weighted by Crippen LogP contribution is 2.18. The molecule has 0 unspecified atom stereocenters. The number of carbonyl (C=O) groups is 1. The number of carbonyl (C=O) groups excluding carboxylic acids is 1. The number of piperidine rings is 1. The summed E-state index contributed by atoms with van der Waals surface area (Å²) in [5.74, 6) is 0.312. The summed E-state index contributed by atoms with van der Waals surface area (Å²) >= 11 is 0. The maximum absolute atomic E-state index is 13.1. The molecule has 1 fully saturated rings. The Kier molecular flexibility index (Phi) is 2.97. The number of nitrogens with zero attached hydrogens (tertiary/aromatic N) is 3. The number of imidazole rings is 1. The number of aryl methyl sites for hydroxylation is 1. The smallest absolute Gasteiger partial charge is 0.290 e. The summed E-state index contributed by atoms with van der Waals surface area (Å²) in [6, 6.07) is 5.73. The molecule has 0 aliphatic carbocycles. The monoisotopic (exact) mass is 261 g/mol. The Morgan fingerprint density at radius 3 is 2.84 bits per heavy atom. The first-order valence-corrected chi connectivity index (χ1v) is 6.54. The van der Waals surface area contributed by atoms with Crippen molar-refractivity contribution in [1.82, 2.24) is 14.3 Å². The Morgan fingerprint density at radius 1 is 1.37 bits per heavy atom. The van der Waals surface area contributed by atoms with Gasteiger partial charge in [0.2, 0.25) is 5.82 Å². The highest BCUT2D eigenvalue weighted by Gasteiger charge is 2.26. The van der Waals surface area contributed by atoms with Crippen LogP contribution in [0.1, 0.15) is 29.2 Å². The van der Waals surface area contributed by atoms with Gasteiger partial charge < -0.3 is 4.90 Å². The van der Waals surface area contributed by atoms with E-state index in [9.17, 15) is 9.18 Å². The van der Waals surface area contributed by atoms with E-state index in [0.717, 1.165) is 11.2 Å². The number of likely N-dealkylation sites (tertiary alicyclic amines) is 1. The Balaban J connectivity index is 1.94. The zero-order valence-electron chi connectivity index (χ0n) is 10.8. The van der Waals surface area contributed by atoms with Gasteiger partial charge in [-0.15, -0.1) is 0 Å². The number of fused-ring (bicyclic) bond motifs is 1. The second kappa shape index (κ2) is 4.64. The molecule has 0 spiro atoms. The first kappa shape index (κ1) is 12.1. The fraction of sp³-hybridized carbons (Fsp3) is 0.429. The predicted octanol–water partition coefficient (Wildman–Crippen LogP) is 2.22. The molecule has 4 nitrogen and oxygen atoms in total. The molecule has 1 amide bonds. The summed E-state index contributed by atoms with van der Waals surface area (Å²) in [5.41, 5.74) is 1.77. The number of pyridine rings is 1. The van der Waals surface area contributed by atoms with Crippen LogP contribution >= 0.6 is 0 Å². The molecule has 100 valence electrons. The summed E-state index contributed by atoms with van der Waals surface area (Å²) in [5, 5.41) is 0. The highest BCUT2D eigenvalue weighted by molar-refractivity contribution is 5.92. The van der Waals surface area contributed by atoms with Crippen LogP contribution in [-0.2, 0) is 0 Å². The van der Waals surface area contributed by atoms with E-state index < -0.39 is 6.17 Å². The van der Waals surface area contributed by atoms with E-state index in [1.54, 1.807) is 9.30 Å². The first-order chi connectivity index (χ1) is 9.16. The van der Waals surface area contributed by atoms with Crippen LogP contribution in [0.15, 0.2) is 24.4 Å². The lowest BCUT2D eigenvalue weighted by molar-refractivity contribution is 0.0654. The number of aromatic nitrogens is 2. The van der Waals surface area contributed by atoms with Gasteiger partial charge in [0.1, 0.15) is 6.17 Å². The first-order valence-electron chi connectivity index (χ1n) is 6.54. The van der Waals surface area contributed by atoms with Crippen molar-refractivity contribution >= 4 is 11.4 Å². The zero-order valence-corrected chi connectivity index (χ0v) is 10.8. The molecule has 2 aromatic rings. The number of rotatable bonds is 1. The number of hydrogen-bond acceptors (Lipinski definition) is 2. The average Bonchev–Trinajstić information content (AvgIpc) is 2.77. The molecular weight excluding hydrogens is 245 g/mol. The third-order valence-corrected chi connectivity index (χ3v) is 3.64. The van der Waals surface area contributed by atoms with E-state index in [1.165, 1.54) is 0 Å². The lowest BCUT2D eigenvalue weighted by Gasteiger charge is -2.28. The molecule has 0 aromatic carbocycles. The van der Waals surface area contributed by atoms with Gasteiger partial charge in [0.15, 0.2) is 0 Å². The molecule has 0 bridgehead atoms. The SMILES string of the molecule is Cc1nc(C(=O)N2CCC(F)CC2)n2ccccc12. The molecule has 3 rings (SSSR count). The van der Waals surface area contributed by atoms with E-state index in [1.807, 2.05) is 31.3 Å². The second-order valence-corrected chi connectivity index (χ2v) is 4.94. The minimum Gasteiger partial charge on any atom is -0.336 e. The van der Waals surface area contributed by atoms with E-state index in [0.29, 0.717) is 31.8 Å². The van der Waals surface area contributed by atoms with Crippen LogP contribution in [-0.4, -0.2) is 39.5 Å². The maximum Gasteiger partial charge on any atom is 0.290 e. The summed E-state index contributed by atoms with van der Waals surface area (Å²) < 4.78 is 14.9. The summed E-state index contributed by atoms with van der Waals surface area (Å²) in [4.78, 5) is 18.5. The maximum atomic E-state index is 13.1. The fourth-order valence-corrected chi connectivity index (χ4v) is 2.54. The molecule has 1 aliphatic rings. The van der Waals surface area contributed by atoms with Crippen LogP contribution < -0.4 is 0 Å². The topological polar surface area (TPSA) is 37.6 Å². The van der Waals surface area contributed by atoms with Gasteiger partial charge in [0, 0.05) is 19.3 Å². The van der Waals surface area contributed by atoms with Crippen molar-refractivity contribution in [2.45, 2.75) is 25.9 Å². The van der Waals surface area contributed by atoms with Gasteiger partial charge in [0.25, 0.3) is 5.91 Å². The Morgan fingerprint density at radius 2 is 2.11 bits per heavy atom. The lowest BCUT2D eigenvalue weighted by Crippen LogP contribution is -2.39. The van der Waals surface area contributed by atoms with Gasteiger partial charge in [0.05, 0.1) is 11.2 Å². The van der Waals surface area contributed by atoms with Crippen molar-refractivity contribution in [1.29, 1.82) is 0 Å². The van der Waals surface area contributed by atoms with Crippen LogP contribution in [0, 0.1) is 6.92 Å². The summed E-state index contributed by atoms with van der Waals surface area (Å²) in [7, 11) is 0. The molecule has 3 heterocycles. The van der Waals surface area contributed by atoms with Crippen molar-refractivity contribution in [2.75, 3.05) is 13.1 Å².